The van der Waals surface area contributed by atoms with Crippen LogP contribution in [-0.2, 0) is 16.3 Å². The van der Waals surface area contributed by atoms with Crippen molar-refractivity contribution in [2.45, 2.75) is 16.6 Å². The van der Waals surface area contributed by atoms with Crippen molar-refractivity contribution < 1.29 is 8.42 Å². The number of rotatable bonds is 2. The third-order valence-electron chi connectivity index (χ3n) is 3.48. The predicted molar refractivity (Wildman–Crippen MR) is 74.4 cm³/mol. The fraction of sp³-hybridized carbons (Fsp3) is 0.133. The van der Waals surface area contributed by atoms with E-state index in [2.05, 4.69) is 0 Å². The van der Waals surface area contributed by atoms with Gasteiger partial charge in [-0.3, -0.25) is 0 Å². The molecular weight excluding hydrogens is 258 g/mol. The van der Waals surface area contributed by atoms with Crippen molar-refractivity contribution in [1.82, 2.24) is 0 Å². The van der Waals surface area contributed by atoms with Gasteiger partial charge in [-0.25, -0.2) is 8.42 Å². The topological polar surface area (TPSA) is 58.0 Å². The van der Waals surface area contributed by atoms with Crippen molar-refractivity contribution in [1.29, 1.82) is 5.41 Å². The summed E-state index contributed by atoms with van der Waals surface area (Å²) in [6.07, 6.45) is 0.395. The quantitative estimate of drug-likeness (QED) is 0.912. The highest BCUT2D eigenvalue weighted by Gasteiger charge is 2.37. The van der Waals surface area contributed by atoms with Crippen LogP contribution >= 0.6 is 0 Å². The number of hydrogen-bond donors (Lipinski definition) is 1. The van der Waals surface area contributed by atoms with Gasteiger partial charge in [0.05, 0.1) is 10.6 Å². The highest BCUT2D eigenvalue weighted by Crippen LogP contribution is 2.29. The number of nitrogens with one attached hydrogen (secondary N) is 1. The molecule has 1 N–H and O–H groups in total. The van der Waals surface area contributed by atoms with Gasteiger partial charge in [-0.1, -0.05) is 42.5 Å². The molecule has 0 heterocycles. The first-order chi connectivity index (χ1) is 9.10. The maximum absolute atomic E-state index is 12.6. The molecule has 19 heavy (non-hydrogen) atoms. The van der Waals surface area contributed by atoms with Gasteiger partial charge in [0.2, 0.25) is 0 Å². The van der Waals surface area contributed by atoms with Gasteiger partial charge >= 0.3 is 0 Å². The molecule has 0 fully saturated rings. The van der Waals surface area contributed by atoms with Crippen LogP contribution in [0.5, 0.6) is 0 Å². The molecular formula is C15H13NO2S. The number of hydrogen-bond acceptors (Lipinski definition) is 3. The molecule has 1 aliphatic carbocycles. The second kappa shape index (κ2) is 4.31. The number of benzene rings is 2. The van der Waals surface area contributed by atoms with Crippen LogP contribution in [0.25, 0.3) is 0 Å². The first-order valence-electron chi connectivity index (χ1n) is 6.06. The second-order valence-corrected chi connectivity index (χ2v) is 6.75. The third kappa shape index (κ3) is 1.88. The van der Waals surface area contributed by atoms with Crippen molar-refractivity contribution in [3.05, 3.63) is 65.7 Å². The van der Waals surface area contributed by atoms with E-state index >= 15 is 0 Å². The van der Waals surface area contributed by atoms with Crippen molar-refractivity contribution >= 4 is 15.5 Å². The Morgan fingerprint density at radius 1 is 0.947 bits per heavy atom. The Hall–Kier alpha value is -1.94. The molecule has 2 aromatic carbocycles. The molecule has 0 saturated carbocycles. The zero-order valence-electron chi connectivity index (χ0n) is 10.2. The molecule has 0 spiro atoms. The summed E-state index contributed by atoms with van der Waals surface area (Å²) < 4.78 is 25.1. The normalized spacial score (nSPS) is 18.3. The summed E-state index contributed by atoms with van der Waals surface area (Å²) in [6, 6.07) is 15.8. The van der Waals surface area contributed by atoms with Gasteiger partial charge in [0.15, 0.2) is 9.84 Å². The summed E-state index contributed by atoms with van der Waals surface area (Å²) in [5.74, 6) is 0. The zero-order valence-corrected chi connectivity index (χ0v) is 11.0. The third-order valence-corrected chi connectivity index (χ3v) is 5.56. The molecule has 1 aliphatic rings. The van der Waals surface area contributed by atoms with E-state index in [1.165, 1.54) is 0 Å². The average Bonchev–Trinajstić information content (AvgIpc) is 2.78. The molecule has 0 bridgehead atoms. The van der Waals surface area contributed by atoms with E-state index in [-0.39, 0.29) is 10.6 Å². The summed E-state index contributed by atoms with van der Waals surface area (Å²) in [5.41, 5.74) is 1.91. The van der Waals surface area contributed by atoms with Crippen LogP contribution in [0, 0.1) is 5.41 Å². The van der Waals surface area contributed by atoms with Gasteiger partial charge in [-0.2, -0.15) is 0 Å². The molecule has 0 amide bonds. The fourth-order valence-corrected chi connectivity index (χ4v) is 4.18. The van der Waals surface area contributed by atoms with E-state index in [1.807, 2.05) is 24.3 Å². The summed E-state index contributed by atoms with van der Waals surface area (Å²) in [4.78, 5) is 0.289. The molecule has 96 valence electrons. The Kier molecular flexibility index (Phi) is 2.75. The molecule has 1 unspecified atom stereocenters. The highest BCUT2D eigenvalue weighted by atomic mass is 32.2. The highest BCUT2D eigenvalue weighted by molar-refractivity contribution is 7.93. The second-order valence-electron chi connectivity index (χ2n) is 4.62. The van der Waals surface area contributed by atoms with E-state index < -0.39 is 15.1 Å². The Labute approximate surface area is 112 Å². The first-order valence-corrected chi connectivity index (χ1v) is 7.61. The van der Waals surface area contributed by atoms with Gasteiger partial charge < -0.3 is 5.41 Å². The lowest BCUT2D eigenvalue weighted by Gasteiger charge is -2.11. The van der Waals surface area contributed by atoms with E-state index in [4.69, 9.17) is 5.41 Å². The standard InChI is InChI=1S/C15H13NO2S/c16-15-13-9-5-4-6-11(13)10-14(15)19(17,18)12-7-2-1-3-8-12/h1-9,14,16H,10H2. The number of sulfone groups is 1. The molecule has 1 atom stereocenters. The summed E-state index contributed by atoms with van der Waals surface area (Å²) in [7, 11) is -3.48. The molecule has 0 saturated heterocycles. The minimum absolute atomic E-state index is 0.208. The van der Waals surface area contributed by atoms with Gasteiger partial charge in [-0.15, -0.1) is 0 Å². The summed E-state index contributed by atoms with van der Waals surface area (Å²) in [5, 5.41) is 7.36. The lowest BCUT2D eigenvalue weighted by molar-refractivity contribution is 0.591. The zero-order chi connectivity index (χ0) is 13.5. The van der Waals surface area contributed by atoms with Crippen molar-refractivity contribution in [2.24, 2.45) is 0 Å². The molecule has 0 aliphatic heterocycles. The van der Waals surface area contributed by atoms with Crippen LogP contribution in [-0.4, -0.2) is 19.4 Å². The molecule has 3 nitrogen and oxygen atoms in total. The molecule has 2 aromatic rings. The van der Waals surface area contributed by atoms with Crippen LogP contribution < -0.4 is 0 Å². The summed E-state index contributed by atoms with van der Waals surface area (Å²) >= 11 is 0. The van der Waals surface area contributed by atoms with Crippen molar-refractivity contribution in [2.75, 3.05) is 0 Å². The van der Waals surface area contributed by atoms with Crippen molar-refractivity contribution in [3.8, 4) is 0 Å². The predicted octanol–water partition coefficient (Wildman–Crippen LogP) is 2.45. The average molecular weight is 271 g/mol. The van der Waals surface area contributed by atoms with E-state index in [9.17, 15) is 8.42 Å². The Balaban J connectivity index is 2.05. The Morgan fingerprint density at radius 3 is 2.26 bits per heavy atom. The van der Waals surface area contributed by atoms with Gasteiger partial charge in [0.25, 0.3) is 0 Å². The first kappa shape index (κ1) is 12.1. The Morgan fingerprint density at radius 2 is 1.58 bits per heavy atom. The van der Waals surface area contributed by atoms with Crippen LogP contribution in [0.15, 0.2) is 59.5 Å². The SMILES string of the molecule is N=C1c2ccccc2CC1S(=O)(=O)c1ccccc1. The largest absolute Gasteiger partial charge is 0.303 e. The van der Waals surface area contributed by atoms with Crippen LogP contribution in [0.2, 0.25) is 0 Å². The molecule has 3 rings (SSSR count). The van der Waals surface area contributed by atoms with Gasteiger partial charge in [0, 0.05) is 0 Å². The lowest BCUT2D eigenvalue weighted by atomic mass is 10.1. The van der Waals surface area contributed by atoms with Crippen LogP contribution in [0.4, 0.5) is 0 Å². The number of fused-ring (bicyclic) bond motifs is 1. The van der Waals surface area contributed by atoms with E-state index in [1.54, 1.807) is 30.3 Å². The van der Waals surface area contributed by atoms with Gasteiger partial charge in [-0.05, 0) is 29.7 Å². The van der Waals surface area contributed by atoms with Crippen LogP contribution in [0.1, 0.15) is 11.1 Å². The molecule has 0 radical (unpaired) electrons. The minimum atomic E-state index is -3.48. The van der Waals surface area contributed by atoms with Crippen LogP contribution in [0.3, 0.4) is 0 Å². The monoisotopic (exact) mass is 271 g/mol. The summed E-state index contributed by atoms with van der Waals surface area (Å²) in [6.45, 7) is 0. The Bertz CT molecular complexity index is 736. The van der Waals surface area contributed by atoms with E-state index in [0.29, 0.717) is 6.42 Å². The maximum Gasteiger partial charge on any atom is 0.187 e. The lowest BCUT2D eigenvalue weighted by Crippen LogP contribution is -2.27. The van der Waals surface area contributed by atoms with E-state index in [0.717, 1.165) is 11.1 Å². The minimum Gasteiger partial charge on any atom is -0.303 e. The fourth-order valence-electron chi connectivity index (χ4n) is 2.48. The molecule has 0 aromatic heterocycles. The molecule has 4 heteroatoms. The van der Waals surface area contributed by atoms with Gasteiger partial charge in [0.1, 0.15) is 5.25 Å². The van der Waals surface area contributed by atoms with Crippen molar-refractivity contribution in [3.63, 3.8) is 0 Å². The smallest absolute Gasteiger partial charge is 0.187 e. The maximum atomic E-state index is 12.6.